The van der Waals surface area contributed by atoms with Crippen molar-refractivity contribution in [1.29, 1.82) is 0 Å². The summed E-state index contributed by atoms with van der Waals surface area (Å²) in [5.74, 6) is -0.111. The van der Waals surface area contributed by atoms with Crippen molar-refractivity contribution < 1.29 is 18.9 Å². The summed E-state index contributed by atoms with van der Waals surface area (Å²) < 4.78 is 18.3. The number of rotatable bonds is 2. The van der Waals surface area contributed by atoms with Gasteiger partial charge in [-0.15, -0.1) is 10.2 Å². The second-order valence-electron chi connectivity index (χ2n) is 3.24. The number of aryl methyl sites for hydroxylation is 1. The molecule has 0 aliphatic heterocycles. The quantitative estimate of drug-likeness (QED) is 0.691. The van der Waals surface area contributed by atoms with E-state index in [-0.39, 0.29) is 11.4 Å². The van der Waals surface area contributed by atoms with Crippen molar-refractivity contribution in [3.8, 4) is 11.5 Å². The fourth-order valence-electron chi connectivity index (χ4n) is 1.29. The Balaban J connectivity index is 2.47. The van der Waals surface area contributed by atoms with Crippen molar-refractivity contribution in [2.75, 3.05) is 0 Å². The van der Waals surface area contributed by atoms with Gasteiger partial charge in [-0.05, 0) is 18.2 Å². The van der Waals surface area contributed by atoms with Crippen molar-refractivity contribution in [3.05, 3.63) is 29.9 Å². The van der Waals surface area contributed by atoms with E-state index in [0.717, 1.165) is 6.07 Å². The summed E-state index contributed by atoms with van der Waals surface area (Å²) in [4.78, 5) is 0. The molecule has 0 saturated heterocycles. The molecule has 0 unspecified atom stereocenters. The van der Waals surface area contributed by atoms with Crippen LogP contribution in [0.2, 0.25) is 0 Å². The van der Waals surface area contributed by atoms with Crippen molar-refractivity contribution in [3.63, 3.8) is 0 Å². The highest BCUT2D eigenvalue weighted by Crippen LogP contribution is 2.16. The van der Waals surface area contributed by atoms with Crippen LogP contribution in [0.15, 0.2) is 22.6 Å². The number of nitrogens with zero attached hydrogens (tertiary/aromatic N) is 2. The maximum atomic E-state index is 13.2. The van der Waals surface area contributed by atoms with E-state index in [0.29, 0.717) is 11.5 Å². The van der Waals surface area contributed by atoms with Crippen LogP contribution in [0.4, 0.5) is 4.39 Å². The SMILES string of the molecule is Cc1nnc(-c2ccc(F)c(B(O)O)c2)o1. The zero-order chi connectivity index (χ0) is 11.7. The molecule has 16 heavy (non-hydrogen) atoms. The molecular weight excluding hydrogens is 214 g/mol. The minimum absolute atomic E-state index is 0.208. The Kier molecular flexibility index (Phi) is 2.72. The van der Waals surface area contributed by atoms with Gasteiger partial charge in [0.2, 0.25) is 11.8 Å². The third-order valence-electron chi connectivity index (χ3n) is 2.05. The van der Waals surface area contributed by atoms with Crippen LogP contribution in [0.1, 0.15) is 5.89 Å². The number of halogens is 1. The average Bonchev–Trinajstić information content (AvgIpc) is 2.65. The minimum Gasteiger partial charge on any atom is -0.423 e. The number of hydrogen-bond donors (Lipinski definition) is 2. The van der Waals surface area contributed by atoms with E-state index in [9.17, 15) is 4.39 Å². The second-order valence-corrected chi connectivity index (χ2v) is 3.24. The van der Waals surface area contributed by atoms with Gasteiger partial charge in [0.15, 0.2) is 0 Å². The highest BCUT2D eigenvalue weighted by Gasteiger charge is 2.18. The molecule has 0 aliphatic rings. The molecule has 0 fully saturated rings. The molecule has 0 radical (unpaired) electrons. The summed E-state index contributed by atoms with van der Waals surface area (Å²) >= 11 is 0. The molecule has 1 heterocycles. The summed E-state index contributed by atoms with van der Waals surface area (Å²) in [6.07, 6.45) is 0. The molecule has 82 valence electrons. The van der Waals surface area contributed by atoms with Gasteiger partial charge in [-0.25, -0.2) is 4.39 Å². The lowest BCUT2D eigenvalue weighted by Crippen LogP contribution is -2.32. The third-order valence-corrected chi connectivity index (χ3v) is 2.05. The van der Waals surface area contributed by atoms with Gasteiger partial charge in [-0.1, -0.05) is 0 Å². The van der Waals surface area contributed by atoms with Crippen LogP contribution >= 0.6 is 0 Å². The molecule has 0 aliphatic carbocycles. The van der Waals surface area contributed by atoms with Crippen LogP contribution in [0.5, 0.6) is 0 Å². The van der Waals surface area contributed by atoms with Crippen LogP contribution in [0.25, 0.3) is 11.5 Å². The Bertz CT molecular complexity index is 515. The van der Waals surface area contributed by atoms with Gasteiger partial charge in [0.05, 0.1) is 0 Å². The fourth-order valence-corrected chi connectivity index (χ4v) is 1.29. The maximum Gasteiger partial charge on any atom is 0.491 e. The molecule has 2 aromatic rings. The molecule has 0 spiro atoms. The summed E-state index contributed by atoms with van der Waals surface area (Å²) in [7, 11) is -1.87. The molecule has 2 rings (SSSR count). The van der Waals surface area contributed by atoms with E-state index in [1.165, 1.54) is 12.1 Å². The summed E-state index contributed by atoms with van der Waals surface area (Å²) in [5, 5.41) is 25.2. The second kappa shape index (κ2) is 4.03. The topological polar surface area (TPSA) is 79.4 Å². The van der Waals surface area contributed by atoms with Crippen LogP contribution in [0.3, 0.4) is 0 Å². The molecule has 0 atom stereocenters. The zero-order valence-electron chi connectivity index (χ0n) is 8.38. The van der Waals surface area contributed by atoms with Gasteiger partial charge in [-0.3, -0.25) is 0 Å². The summed E-state index contributed by atoms with van der Waals surface area (Å²) in [6.45, 7) is 1.63. The normalized spacial score (nSPS) is 10.5. The predicted octanol–water partition coefficient (Wildman–Crippen LogP) is -0.136. The van der Waals surface area contributed by atoms with Gasteiger partial charge in [0.1, 0.15) is 5.82 Å². The van der Waals surface area contributed by atoms with Crippen LogP contribution in [-0.4, -0.2) is 27.4 Å². The van der Waals surface area contributed by atoms with Gasteiger partial charge in [0.25, 0.3) is 0 Å². The molecule has 1 aromatic heterocycles. The van der Waals surface area contributed by atoms with Gasteiger partial charge in [-0.2, -0.15) is 0 Å². The molecular formula is C9H8BFN2O3. The highest BCUT2D eigenvalue weighted by molar-refractivity contribution is 6.58. The summed E-state index contributed by atoms with van der Waals surface area (Å²) in [5.41, 5.74) is 0.207. The lowest BCUT2D eigenvalue weighted by molar-refractivity contribution is 0.423. The fraction of sp³-hybridized carbons (Fsp3) is 0.111. The zero-order valence-corrected chi connectivity index (χ0v) is 8.38. The lowest BCUT2D eigenvalue weighted by atomic mass is 9.79. The Morgan fingerprint density at radius 1 is 1.31 bits per heavy atom. The molecule has 5 nitrogen and oxygen atoms in total. The van der Waals surface area contributed by atoms with E-state index >= 15 is 0 Å². The molecule has 0 bridgehead atoms. The largest absolute Gasteiger partial charge is 0.491 e. The Morgan fingerprint density at radius 2 is 2.06 bits per heavy atom. The Labute approximate surface area is 90.7 Å². The van der Waals surface area contributed by atoms with E-state index < -0.39 is 12.9 Å². The number of aromatic nitrogens is 2. The van der Waals surface area contributed by atoms with Gasteiger partial charge in [0, 0.05) is 17.9 Å². The van der Waals surface area contributed by atoms with Gasteiger partial charge < -0.3 is 14.5 Å². The third kappa shape index (κ3) is 1.95. The first kappa shape index (κ1) is 10.8. The molecule has 2 N–H and O–H groups in total. The first-order valence-corrected chi connectivity index (χ1v) is 4.54. The monoisotopic (exact) mass is 222 g/mol. The lowest BCUT2D eigenvalue weighted by Gasteiger charge is -2.02. The van der Waals surface area contributed by atoms with Crippen molar-refractivity contribution in [2.45, 2.75) is 6.92 Å². The first-order chi connectivity index (χ1) is 7.58. The first-order valence-electron chi connectivity index (χ1n) is 4.54. The minimum atomic E-state index is -1.87. The Hall–Kier alpha value is -1.73. The van der Waals surface area contributed by atoms with E-state index in [1.807, 2.05) is 0 Å². The van der Waals surface area contributed by atoms with Crippen LogP contribution in [-0.2, 0) is 0 Å². The average molecular weight is 222 g/mol. The molecule has 0 amide bonds. The summed E-state index contributed by atoms with van der Waals surface area (Å²) in [6, 6.07) is 3.80. The van der Waals surface area contributed by atoms with E-state index in [4.69, 9.17) is 14.5 Å². The molecule has 7 heteroatoms. The van der Waals surface area contributed by atoms with E-state index in [1.54, 1.807) is 6.92 Å². The van der Waals surface area contributed by atoms with Crippen molar-refractivity contribution in [1.82, 2.24) is 10.2 Å². The maximum absolute atomic E-state index is 13.2. The number of benzene rings is 1. The van der Waals surface area contributed by atoms with E-state index in [2.05, 4.69) is 10.2 Å². The van der Waals surface area contributed by atoms with Crippen molar-refractivity contribution in [2.24, 2.45) is 0 Å². The Morgan fingerprint density at radius 3 is 2.62 bits per heavy atom. The van der Waals surface area contributed by atoms with Crippen LogP contribution in [0, 0.1) is 12.7 Å². The number of hydrogen-bond acceptors (Lipinski definition) is 5. The standard InChI is InChI=1S/C9H8BFN2O3/c1-5-12-13-9(16-5)6-2-3-8(11)7(4-6)10(14)15/h2-4,14-15H,1H3. The smallest absolute Gasteiger partial charge is 0.423 e. The predicted molar refractivity (Wildman–Crippen MR) is 54.3 cm³/mol. The van der Waals surface area contributed by atoms with Crippen molar-refractivity contribution >= 4 is 12.6 Å². The molecule has 0 saturated carbocycles. The molecule has 1 aromatic carbocycles. The van der Waals surface area contributed by atoms with Gasteiger partial charge >= 0.3 is 7.12 Å². The highest BCUT2D eigenvalue weighted by atomic mass is 19.1. The van der Waals surface area contributed by atoms with Crippen LogP contribution < -0.4 is 5.46 Å².